The maximum Gasteiger partial charge on any atom is 0.0541 e. The van der Waals surface area contributed by atoms with Crippen molar-refractivity contribution in [3.8, 4) is 11.1 Å². The third-order valence-corrected chi connectivity index (χ3v) is 13.7. The van der Waals surface area contributed by atoms with Gasteiger partial charge in [-0.3, -0.25) is 0 Å². The molecule has 4 heteroatoms. The van der Waals surface area contributed by atoms with Gasteiger partial charge in [-0.1, -0.05) is 84.9 Å². The Morgan fingerprint density at radius 1 is 0.344 bits per heavy atom. The summed E-state index contributed by atoms with van der Waals surface area (Å²) in [5, 5.41) is 10.5. The van der Waals surface area contributed by atoms with Crippen LogP contribution in [0.15, 0.2) is 170 Å². The molecule has 0 aliphatic rings. The zero-order chi connectivity index (χ0) is 43.4. The van der Waals surface area contributed by atoms with E-state index in [2.05, 4.69) is 230 Å². The molecule has 12 rings (SSSR count). The molecule has 4 nitrogen and oxygen atoms in total. The number of nitrogens with zero attached hydrogens (tertiary/aromatic N) is 4. The lowest BCUT2D eigenvalue weighted by atomic mass is 9.98. The van der Waals surface area contributed by atoms with Crippen LogP contribution in [0.25, 0.3) is 76.3 Å². The number of aromatic nitrogens is 2. The molecule has 0 spiro atoms. The standard InChI is InChI=1S/C60H50N4/c1-7-61-53-13-9-11-43-19-25-49-51(27-29-55(61)59(49)57(43)53)63(47-33-37(3)31-38(4)34-47)45-21-15-41(16-22-45)42-17-23-46(24-18-42)64(48-35-39(5)32-40(6)36-48)52-28-30-56-60-50(52)26-20-44-12-10-14-54(58(44)60)62(56)8-2/h9-36H,7-8H2,1-6H3. The zero-order valence-electron chi connectivity index (χ0n) is 37.4. The van der Waals surface area contributed by atoms with Gasteiger partial charge in [-0.25, -0.2) is 0 Å². The van der Waals surface area contributed by atoms with E-state index < -0.39 is 0 Å². The molecule has 0 unspecified atom stereocenters. The van der Waals surface area contributed by atoms with E-state index in [1.807, 2.05) is 0 Å². The lowest BCUT2D eigenvalue weighted by Crippen LogP contribution is -2.11. The number of benzene rings is 10. The average Bonchev–Trinajstić information content (AvgIpc) is 3.82. The van der Waals surface area contributed by atoms with Crippen molar-refractivity contribution in [1.82, 2.24) is 9.13 Å². The van der Waals surface area contributed by atoms with Crippen LogP contribution in [0.3, 0.4) is 0 Å². The molecular formula is C60H50N4. The summed E-state index contributed by atoms with van der Waals surface area (Å²) in [5.41, 5.74) is 19.5. The van der Waals surface area contributed by atoms with Crippen LogP contribution in [0.5, 0.6) is 0 Å². The van der Waals surface area contributed by atoms with Gasteiger partial charge in [0.05, 0.1) is 11.4 Å². The molecule has 0 aliphatic heterocycles. The third-order valence-electron chi connectivity index (χ3n) is 13.7. The highest BCUT2D eigenvalue weighted by molar-refractivity contribution is 6.27. The number of anilines is 6. The maximum absolute atomic E-state index is 2.46. The maximum atomic E-state index is 2.46. The van der Waals surface area contributed by atoms with Gasteiger partial charge in [-0.2, -0.15) is 0 Å². The summed E-state index contributed by atoms with van der Waals surface area (Å²) >= 11 is 0. The second-order valence-electron chi connectivity index (χ2n) is 17.9. The van der Waals surface area contributed by atoms with Crippen molar-refractivity contribution in [2.75, 3.05) is 9.80 Å². The van der Waals surface area contributed by atoms with Gasteiger partial charge in [0, 0.05) is 90.2 Å². The van der Waals surface area contributed by atoms with E-state index in [-0.39, 0.29) is 0 Å². The van der Waals surface area contributed by atoms with Crippen LogP contribution in [0, 0.1) is 27.7 Å². The minimum absolute atomic E-state index is 0.926. The number of rotatable bonds is 9. The lowest BCUT2D eigenvalue weighted by molar-refractivity contribution is 0.827. The first-order valence-electron chi connectivity index (χ1n) is 22.8. The Bertz CT molecular complexity index is 3450. The summed E-state index contributed by atoms with van der Waals surface area (Å²) in [6, 6.07) is 64.1. The van der Waals surface area contributed by atoms with Crippen molar-refractivity contribution in [1.29, 1.82) is 0 Å². The monoisotopic (exact) mass is 826 g/mol. The molecule has 0 fully saturated rings. The molecule has 310 valence electrons. The SMILES string of the molecule is CCn1c2cccc3ccc4c(N(c5ccc(-c6ccc(N(c7cc(C)cc(C)c7)c7ccc8c9c7ccc7cccc(c79)n8CC)cc6)cc5)c5cc(C)cc(C)c5)ccc1c4c32. The largest absolute Gasteiger partial charge is 0.341 e. The van der Waals surface area contributed by atoms with Crippen molar-refractivity contribution in [3.05, 3.63) is 192 Å². The highest BCUT2D eigenvalue weighted by Crippen LogP contribution is 2.48. The quantitative estimate of drug-likeness (QED) is 0.135. The Morgan fingerprint density at radius 2 is 0.719 bits per heavy atom. The summed E-state index contributed by atoms with van der Waals surface area (Å²) in [5.74, 6) is 0. The summed E-state index contributed by atoms with van der Waals surface area (Å²) in [6.45, 7) is 15.1. The molecule has 12 aromatic rings. The van der Waals surface area contributed by atoms with E-state index in [1.165, 1.54) is 110 Å². The number of aryl methyl sites for hydroxylation is 6. The molecule has 2 heterocycles. The van der Waals surface area contributed by atoms with Crippen molar-refractivity contribution in [3.63, 3.8) is 0 Å². The molecule has 0 aliphatic carbocycles. The van der Waals surface area contributed by atoms with Crippen LogP contribution in [0.4, 0.5) is 34.1 Å². The van der Waals surface area contributed by atoms with Gasteiger partial charge in [0.15, 0.2) is 0 Å². The fourth-order valence-electron chi connectivity index (χ4n) is 11.2. The van der Waals surface area contributed by atoms with Crippen LogP contribution in [-0.2, 0) is 13.1 Å². The predicted molar refractivity (Wildman–Crippen MR) is 275 cm³/mol. The van der Waals surface area contributed by atoms with Gasteiger partial charge in [0.1, 0.15) is 0 Å². The Balaban J connectivity index is 0.962. The Morgan fingerprint density at radius 3 is 1.09 bits per heavy atom. The van der Waals surface area contributed by atoms with Gasteiger partial charge in [0.2, 0.25) is 0 Å². The second kappa shape index (κ2) is 14.5. The van der Waals surface area contributed by atoms with E-state index in [0.717, 1.165) is 35.8 Å². The summed E-state index contributed by atoms with van der Waals surface area (Å²) in [6.07, 6.45) is 0. The molecule has 0 bridgehead atoms. The van der Waals surface area contributed by atoms with E-state index in [1.54, 1.807) is 0 Å². The van der Waals surface area contributed by atoms with Crippen LogP contribution in [0.1, 0.15) is 36.1 Å². The molecule has 2 aromatic heterocycles. The van der Waals surface area contributed by atoms with Gasteiger partial charge in [-0.15, -0.1) is 0 Å². The lowest BCUT2D eigenvalue weighted by Gasteiger charge is -2.28. The highest BCUT2D eigenvalue weighted by Gasteiger charge is 2.24. The van der Waals surface area contributed by atoms with Gasteiger partial charge in [0.25, 0.3) is 0 Å². The number of hydrogen-bond donors (Lipinski definition) is 0. The summed E-state index contributed by atoms with van der Waals surface area (Å²) < 4.78 is 4.92. The van der Waals surface area contributed by atoms with Gasteiger partial charge in [-0.05, 0) is 171 Å². The molecule has 0 N–H and O–H groups in total. The summed E-state index contributed by atoms with van der Waals surface area (Å²) in [4.78, 5) is 4.91. The molecule has 0 saturated carbocycles. The smallest absolute Gasteiger partial charge is 0.0541 e. The van der Waals surface area contributed by atoms with E-state index in [9.17, 15) is 0 Å². The number of hydrogen-bond acceptors (Lipinski definition) is 2. The predicted octanol–water partition coefficient (Wildman–Crippen LogP) is 17.0. The van der Waals surface area contributed by atoms with Gasteiger partial charge < -0.3 is 18.9 Å². The first kappa shape index (κ1) is 38.1. The average molecular weight is 827 g/mol. The summed E-state index contributed by atoms with van der Waals surface area (Å²) in [7, 11) is 0. The molecule has 0 atom stereocenters. The first-order chi connectivity index (χ1) is 31.3. The van der Waals surface area contributed by atoms with E-state index >= 15 is 0 Å². The first-order valence-corrected chi connectivity index (χ1v) is 22.8. The molecular weight excluding hydrogens is 777 g/mol. The van der Waals surface area contributed by atoms with Crippen molar-refractivity contribution >= 4 is 99.3 Å². The van der Waals surface area contributed by atoms with Crippen molar-refractivity contribution in [2.24, 2.45) is 0 Å². The van der Waals surface area contributed by atoms with E-state index in [4.69, 9.17) is 0 Å². The van der Waals surface area contributed by atoms with E-state index in [0.29, 0.717) is 0 Å². The Hall–Kier alpha value is -7.56. The molecule has 0 amide bonds. The Kier molecular flexibility index (Phi) is 8.64. The van der Waals surface area contributed by atoms with Crippen molar-refractivity contribution < 1.29 is 0 Å². The van der Waals surface area contributed by atoms with Gasteiger partial charge >= 0.3 is 0 Å². The molecule has 64 heavy (non-hydrogen) atoms. The van der Waals surface area contributed by atoms with Crippen LogP contribution in [-0.4, -0.2) is 9.13 Å². The Labute approximate surface area is 374 Å². The topological polar surface area (TPSA) is 16.3 Å². The van der Waals surface area contributed by atoms with Crippen LogP contribution < -0.4 is 9.80 Å². The third kappa shape index (κ3) is 5.75. The molecule has 10 aromatic carbocycles. The molecule has 0 radical (unpaired) electrons. The van der Waals surface area contributed by atoms with Crippen LogP contribution >= 0.6 is 0 Å². The molecule has 0 saturated heterocycles. The minimum Gasteiger partial charge on any atom is -0.341 e. The van der Waals surface area contributed by atoms with Crippen molar-refractivity contribution in [2.45, 2.75) is 54.6 Å². The fourth-order valence-corrected chi connectivity index (χ4v) is 11.2. The normalized spacial score (nSPS) is 12.0. The fraction of sp³-hybridized carbons (Fsp3) is 0.133. The highest BCUT2D eigenvalue weighted by atomic mass is 15.2. The van der Waals surface area contributed by atoms with Crippen LogP contribution in [0.2, 0.25) is 0 Å². The zero-order valence-corrected chi connectivity index (χ0v) is 37.4. The second-order valence-corrected chi connectivity index (χ2v) is 17.9. The minimum atomic E-state index is 0.926.